The lowest BCUT2D eigenvalue weighted by Crippen LogP contribution is -2.57. The average Bonchev–Trinajstić information content (AvgIpc) is 3.37. The summed E-state index contributed by atoms with van der Waals surface area (Å²) in [4.78, 5) is 66.0. The summed E-state index contributed by atoms with van der Waals surface area (Å²) < 4.78 is 35.5. The molecule has 0 spiro atoms. The highest BCUT2D eigenvalue weighted by Gasteiger charge is 2.33. The molecule has 2 saturated heterocycles. The summed E-state index contributed by atoms with van der Waals surface area (Å²) in [6.45, 7) is 15.6. The largest absolute Gasteiger partial charge is 0.444 e. The van der Waals surface area contributed by atoms with Gasteiger partial charge in [0, 0.05) is 95.9 Å². The predicted octanol–water partition coefficient (Wildman–Crippen LogP) is 10.2. The second kappa shape index (κ2) is 22.4. The van der Waals surface area contributed by atoms with Gasteiger partial charge in [-0.1, -0.05) is 13.2 Å². The third-order valence-electron chi connectivity index (χ3n) is 12.0. The number of ether oxygens (including phenoxy) is 1. The number of rotatable bonds is 14. The van der Waals surface area contributed by atoms with Crippen molar-refractivity contribution in [3.63, 3.8) is 0 Å². The van der Waals surface area contributed by atoms with Crippen molar-refractivity contribution in [1.29, 1.82) is 0 Å². The van der Waals surface area contributed by atoms with Crippen LogP contribution in [0.2, 0.25) is 0 Å². The van der Waals surface area contributed by atoms with Crippen LogP contribution in [0.4, 0.5) is 59.6 Å². The Balaban J connectivity index is 0.000000188. The number of pyridine rings is 2. The molecule has 0 bridgehead atoms. The number of hydrogen-bond acceptors (Lipinski definition) is 15. The van der Waals surface area contributed by atoms with E-state index in [9.17, 15) is 18.8 Å². The highest BCUT2D eigenvalue weighted by Crippen LogP contribution is 2.33. The molecule has 8 aromatic rings. The molecule has 0 atom stereocenters. The molecule has 20 heteroatoms. The van der Waals surface area contributed by atoms with Gasteiger partial charge in [0.2, 0.25) is 23.7 Å². The first-order valence-corrected chi connectivity index (χ1v) is 24.2. The van der Waals surface area contributed by atoms with Gasteiger partial charge in [-0.2, -0.15) is 0 Å². The number of aromatic nitrogens is 6. The zero-order valence-corrected chi connectivity index (χ0v) is 42.1. The maximum Gasteiger partial charge on any atom is 0.410 e. The van der Waals surface area contributed by atoms with Crippen molar-refractivity contribution in [2.75, 3.05) is 65.1 Å². The molecule has 386 valence electrons. The third-order valence-corrected chi connectivity index (χ3v) is 12.0. The highest BCUT2D eigenvalue weighted by atomic mass is 19.1. The minimum atomic E-state index is -0.519. The van der Waals surface area contributed by atoms with Gasteiger partial charge >= 0.3 is 6.09 Å². The van der Waals surface area contributed by atoms with Crippen LogP contribution >= 0.6 is 0 Å². The molecule has 2 aliphatic rings. The van der Waals surface area contributed by atoms with Gasteiger partial charge in [0.05, 0.1) is 45.6 Å². The van der Waals surface area contributed by atoms with Gasteiger partial charge < -0.3 is 46.4 Å². The van der Waals surface area contributed by atoms with E-state index < -0.39 is 17.2 Å². The molecule has 18 nitrogen and oxygen atoms in total. The Bertz CT molecular complexity index is 3470. The Morgan fingerprint density at radius 2 is 1.01 bits per heavy atom. The Labute approximate surface area is 436 Å². The summed E-state index contributed by atoms with van der Waals surface area (Å²) in [6.07, 6.45) is 8.25. The summed E-state index contributed by atoms with van der Waals surface area (Å²) in [7, 11) is 2.10. The molecule has 0 unspecified atom stereocenters. The van der Waals surface area contributed by atoms with E-state index in [1.54, 1.807) is 53.7 Å². The Hall–Kier alpha value is -9.43. The number of anilines is 8. The second-order valence-electron chi connectivity index (χ2n) is 19.0. The Morgan fingerprint density at radius 3 is 1.42 bits per heavy atom. The number of benzene rings is 4. The van der Waals surface area contributed by atoms with Crippen molar-refractivity contribution in [3.05, 3.63) is 159 Å². The minimum absolute atomic E-state index is 0.135. The molecule has 0 radical (unpaired) electrons. The number of likely N-dealkylation sites (tertiary alicyclic amines) is 2. The van der Waals surface area contributed by atoms with Crippen molar-refractivity contribution in [2.45, 2.75) is 38.5 Å². The second-order valence-corrected chi connectivity index (χ2v) is 19.0. The van der Waals surface area contributed by atoms with Crippen LogP contribution in [0, 0.1) is 11.6 Å². The van der Waals surface area contributed by atoms with Crippen LogP contribution in [0.5, 0.6) is 0 Å². The van der Waals surface area contributed by atoms with Gasteiger partial charge in [-0.3, -0.25) is 19.6 Å². The van der Waals surface area contributed by atoms with Gasteiger partial charge in [-0.25, -0.2) is 33.5 Å². The van der Waals surface area contributed by atoms with Crippen LogP contribution in [0.1, 0.15) is 20.8 Å². The highest BCUT2D eigenvalue weighted by molar-refractivity contribution is 6.01. The monoisotopic (exact) mass is 1020 g/mol. The normalized spacial score (nSPS) is 13.5. The van der Waals surface area contributed by atoms with Crippen LogP contribution in [-0.2, 0) is 14.3 Å². The molecule has 0 aliphatic carbocycles. The van der Waals surface area contributed by atoms with Crippen molar-refractivity contribution < 1.29 is 27.9 Å². The van der Waals surface area contributed by atoms with E-state index in [1.807, 2.05) is 69.3 Å². The van der Waals surface area contributed by atoms with E-state index in [-0.39, 0.29) is 41.0 Å². The Kier molecular flexibility index (Phi) is 15.1. The number of likely N-dealkylation sites (N-methyl/N-ethyl adjacent to an activating group) is 1. The number of nitrogens with zero attached hydrogens (tertiary/aromatic N) is 8. The average molecular weight is 1030 g/mol. The topological polar surface area (TPSA) is 216 Å². The van der Waals surface area contributed by atoms with Crippen molar-refractivity contribution >= 4 is 85.7 Å². The molecule has 0 saturated carbocycles. The van der Waals surface area contributed by atoms with E-state index in [0.717, 1.165) is 48.0 Å². The van der Waals surface area contributed by atoms with E-state index in [2.05, 4.69) is 86.9 Å². The van der Waals surface area contributed by atoms with Crippen LogP contribution in [-0.4, -0.2) is 109 Å². The van der Waals surface area contributed by atoms with Gasteiger partial charge in [0.1, 0.15) is 17.2 Å². The first-order chi connectivity index (χ1) is 36.6. The Morgan fingerprint density at radius 1 is 0.592 bits per heavy atom. The van der Waals surface area contributed by atoms with Crippen molar-refractivity contribution in [1.82, 2.24) is 39.7 Å². The number of fused-ring (bicyclic) bond motifs is 2. The lowest BCUT2D eigenvalue weighted by Gasteiger charge is -2.40. The van der Waals surface area contributed by atoms with E-state index in [1.165, 1.54) is 24.5 Å². The fourth-order valence-electron chi connectivity index (χ4n) is 8.29. The quantitative estimate of drug-likeness (QED) is 0.0559. The molecule has 3 amide bonds. The van der Waals surface area contributed by atoms with Crippen LogP contribution in [0.3, 0.4) is 0 Å². The maximum atomic E-state index is 15.1. The maximum absolute atomic E-state index is 15.1. The summed E-state index contributed by atoms with van der Waals surface area (Å²) in [6, 6.07) is 28.4. The summed E-state index contributed by atoms with van der Waals surface area (Å²) >= 11 is 0. The molecular weight excluding hydrogens is 971 g/mol. The molecule has 4 aromatic carbocycles. The van der Waals surface area contributed by atoms with Gasteiger partial charge in [-0.05, 0) is 137 Å². The molecule has 76 heavy (non-hydrogen) atoms. The number of carbonyl (C=O) groups excluding carboxylic acids is 3. The van der Waals surface area contributed by atoms with Gasteiger partial charge in [-0.15, -0.1) is 0 Å². The standard InChI is InChI=1S/C30H30FN7O3.C26H24FN7O/c1-5-25(39)35-21-12-13-32-24(14-21)26-23(31)11-6-18-15-33-28(37-27(18)26)36-20-9-7-19(8-10-20)34-22-16-38(17-22)29(40)41-30(2,3)4;1-3-23(35)31-19-10-11-28-22(12-19)24-21(27)9-4-16-13-29-26(33-25(16)24)32-18-7-5-17(6-8-18)30-20-14-34(2)15-20/h5-15,22,34H,1,16-17H2,2-4H3,(H,32,35,39)(H,33,36,37);3-13,20,30H,1,14-15H2,2H3,(H,28,31,35)(H,29,32,33). The number of carbonyl (C=O) groups is 3. The molecule has 6 heterocycles. The molecular formula is C56H54F2N14O4. The fourth-order valence-corrected chi connectivity index (χ4v) is 8.29. The van der Waals surface area contributed by atoms with Crippen molar-refractivity contribution in [3.8, 4) is 22.5 Å². The number of hydrogen-bond donors (Lipinski definition) is 6. The number of nitrogens with one attached hydrogen (secondary N) is 6. The zero-order valence-electron chi connectivity index (χ0n) is 42.1. The predicted molar refractivity (Wildman–Crippen MR) is 293 cm³/mol. The van der Waals surface area contributed by atoms with Gasteiger partial charge in [0.25, 0.3) is 0 Å². The first-order valence-electron chi connectivity index (χ1n) is 24.2. The molecule has 2 aliphatic heterocycles. The fraction of sp³-hybridized carbons (Fsp3) is 0.196. The van der Waals surface area contributed by atoms with E-state index in [4.69, 9.17) is 4.74 Å². The SMILES string of the molecule is C=CC(=O)Nc1ccnc(-c2c(F)ccc3cnc(Nc4ccc(NC5CN(C(=O)OC(C)(C)C)C5)cc4)nc23)c1.C=CC(=O)Nc1ccnc(-c2c(F)ccc3cnc(Nc4ccc(NC5CN(C)C5)cc4)nc23)c1. The van der Waals surface area contributed by atoms with Crippen LogP contribution < -0.4 is 31.9 Å². The lowest BCUT2D eigenvalue weighted by atomic mass is 10.1. The van der Waals surface area contributed by atoms with E-state index in [0.29, 0.717) is 69.6 Å². The van der Waals surface area contributed by atoms with E-state index >= 15 is 4.39 Å². The van der Waals surface area contributed by atoms with Crippen LogP contribution in [0.25, 0.3) is 44.3 Å². The molecule has 10 rings (SSSR count). The van der Waals surface area contributed by atoms with Crippen molar-refractivity contribution in [2.24, 2.45) is 0 Å². The molecule has 4 aromatic heterocycles. The summed E-state index contributed by atoms with van der Waals surface area (Å²) in [5.74, 6) is -1.10. The lowest BCUT2D eigenvalue weighted by molar-refractivity contribution is -0.112. The molecule has 2 fully saturated rings. The summed E-state index contributed by atoms with van der Waals surface area (Å²) in [5, 5.41) is 19.9. The summed E-state index contributed by atoms with van der Waals surface area (Å²) in [5.41, 5.74) is 5.79. The number of amides is 3. The minimum Gasteiger partial charge on any atom is -0.444 e. The molecule has 6 N–H and O–H groups in total. The zero-order chi connectivity index (χ0) is 53.5. The van der Waals surface area contributed by atoms with Crippen LogP contribution in [0.15, 0.2) is 147 Å². The third kappa shape index (κ3) is 12.7. The first kappa shape index (κ1) is 51.5. The smallest absolute Gasteiger partial charge is 0.410 e. The number of halogens is 2. The van der Waals surface area contributed by atoms with Gasteiger partial charge in [0.15, 0.2) is 0 Å².